The topological polar surface area (TPSA) is 91.2 Å². The van der Waals surface area contributed by atoms with Gasteiger partial charge in [0.2, 0.25) is 0 Å². The van der Waals surface area contributed by atoms with E-state index in [-0.39, 0.29) is 17.3 Å². The molecule has 0 amide bonds. The van der Waals surface area contributed by atoms with Crippen molar-refractivity contribution < 1.29 is 23.4 Å². The first-order chi connectivity index (χ1) is 13.1. The van der Waals surface area contributed by atoms with Gasteiger partial charge in [-0.05, 0) is 50.1 Å². The molecule has 0 atom stereocenters. The summed E-state index contributed by atoms with van der Waals surface area (Å²) in [5.74, 6) is -0.115. The molecule has 0 radical (unpaired) electrons. The second-order valence-electron chi connectivity index (χ2n) is 7.27. The first-order valence-corrected chi connectivity index (χ1v) is 8.65. The number of nitrogens with zero attached hydrogens (tertiary/aromatic N) is 3. The van der Waals surface area contributed by atoms with Crippen LogP contribution in [0.2, 0.25) is 0 Å². The molecule has 1 fully saturated rings. The first kappa shape index (κ1) is 18.4. The maximum atomic E-state index is 12.8. The second kappa shape index (κ2) is 6.30. The summed E-state index contributed by atoms with van der Waals surface area (Å²) < 4.78 is 38.5. The van der Waals surface area contributed by atoms with Crippen LogP contribution < -0.4 is 5.32 Å². The predicted molar refractivity (Wildman–Crippen MR) is 96.7 cm³/mol. The third-order valence-electron chi connectivity index (χ3n) is 4.83. The van der Waals surface area contributed by atoms with E-state index in [0.29, 0.717) is 35.6 Å². The van der Waals surface area contributed by atoms with Gasteiger partial charge in [0.25, 0.3) is 0 Å². The molecule has 0 spiro atoms. The van der Waals surface area contributed by atoms with Crippen LogP contribution in [0.5, 0.6) is 5.75 Å². The first-order valence-electron chi connectivity index (χ1n) is 8.65. The Morgan fingerprint density at radius 1 is 1.18 bits per heavy atom. The van der Waals surface area contributed by atoms with Crippen molar-refractivity contribution >= 4 is 16.7 Å². The molecule has 1 aliphatic carbocycles. The molecule has 1 saturated carbocycles. The zero-order valence-corrected chi connectivity index (χ0v) is 14.8. The highest BCUT2D eigenvalue weighted by molar-refractivity contribution is 5.98. The maximum absolute atomic E-state index is 12.8. The lowest BCUT2D eigenvalue weighted by molar-refractivity contribution is -0.137. The van der Waals surface area contributed by atoms with Gasteiger partial charge in [-0.15, -0.1) is 10.2 Å². The van der Waals surface area contributed by atoms with Crippen LogP contribution in [-0.2, 0) is 6.18 Å². The summed E-state index contributed by atoms with van der Waals surface area (Å²) in [4.78, 5) is 4.31. The molecule has 146 valence electrons. The molecule has 0 aliphatic heterocycles. The zero-order chi connectivity index (χ0) is 20.1. The van der Waals surface area contributed by atoms with Crippen LogP contribution in [0.15, 0.2) is 36.5 Å². The fraction of sp³-hybridized carbons (Fsp3) is 0.316. The molecule has 3 N–H and O–H groups in total. The van der Waals surface area contributed by atoms with E-state index >= 15 is 0 Å². The van der Waals surface area contributed by atoms with E-state index in [1.807, 2.05) is 0 Å². The van der Waals surface area contributed by atoms with E-state index in [1.54, 1.807) is 25.3 Å². The monoisotopic (exact) mass is 390 g/mol. The SMILES string of the molecule is C[C@]1(O)C[C@@H](Nc2nnc(-c3ccc(C(F)(F)F)cc3O)c3cccnc23)C1. The number of phenols is 1. The van der Waals surface area contributed by atoms with Crippen molar-refractivity contribution in [2.24, 2.45) is 0 Å². The predicted octanol–water partition coefficient (Wildman–Crippen LogP) is 3.74. The van der Waals surface area contributed by atoms with E-state index in [0.717, 1.165) is 6.07 Å². The minimum atomic E-state index is -4.55. The number of aromatic hydroxyl groups is 1. The normalized spacial score (nSPS) is 22.1. The van der Waals surface area contributed by atoms with Gasteiger partial charge in [-0.25, -0.2) is 0 Å². The second-order valence-corrected chi connectivity index (χ2v) is 7.27. The number of phenolic OH excluding ortho intramolecular Hbond substituents is 1. The number of aromatic nitrogens is 3. The molecule has 28 heavy (non-hydrogen) atoms. The molecular formula is C19H17F3N4O2. The summed E-state index contributed by atoms with van der Waals surface area (Å²) in [6.07, 6.45) is -1.86. The van der Waals surface area contributed by atoms with E-state index in [1.165, 1.54) is 6.07 Å². The Morgan fingerprint density at radius 3 is 2.57 bits per heavy atom. The van der Waals surface area contributed by atoms with Crippen LogP contribution in [0.4, 0.5) is 19.0 Å². The Kier molecular flexibility index (Phi) is 4.15. The van der Waals surface area contributed by atoms with Gasteiger partial charge < -0.3 is 15.5 Å². The number of rotatable bonds is 3. The van der Waals surface area contributed by atoms with Gasteiger partial charge in [0.15, 0.2) is 5.82 Å². The quantitative estimate of drug-likeness (QED) is 0.631. The Bertz CT molecular complexity index is 1050. The molecule has 1 aromatic carbocycles. The van der Waals surface area contributed by atoms with Crippen molar-refractivity contribution in [2.75, 3.05) is 5.32 Å². The molecule has 0 bridgehead atoms. The third kappa shape index (κ3) is 3.33. The van der Waals surface area contributed by atoms with E-state index < -0.39 is 23.1 Å². The number of fused-ring (bicyclic) bond motifs is 1. The number of halogens is 3. The van der Waals surface area contributed by atoms with Crippen LogP contribution in [0.25, 0.3) is 22.2 Å². The molecule has 4 rings (SSSR count). The molecule has 0 unspecified atom stereocenters. The minimum Gasteiger partial charge on any atom is -0.507 e. The molecule has 2 heterocycles. The fourth-order valence-corrected chi connectivity index (χ4v) is 3.49. The number of benzene rings is 1. The number of pyridine rings is 1. The number of hydrogen-bond acceptors (Lipinski definition) is 6. The van der Waals surface area contributed by atoms with Crippen molar-refractivity contribution in [1.82, 2.24) is 15.2 Å². The average molecular weight is 390 g/mol. The highest BCUT2D eigenvalue weighted by Crippen LogP contribution is 2.39. The van der Waals surface area contributed by atoms with Gasteiger partial charge >= 0.3 is 6.18 Å². The fourth-order valence-electron chi connectivity index (χ4n) is 3.49. The molecule has 1 aliphatic rings. The smallest absolute Gasteiger partial charge is 0.416 e. The lowest BCUT2D eigenvalue weighted by atomic mass is 9.77. The van der Waals surface area contributed by atoms with Gasteiger partial charge in [-0.3, -0.25) is 4.98 Å². The van der Waals surface area contributed by atoms with E-state index in [4.69, 9.17) is 0 Å². The molecule has 2 aromatic heterocycles. The van der Waals surface area contributed by atoms with Crippen LogP contribution >= 0.6 is 0 Å². The average Bonchev–Trinajstić information content (AvgIpc) is 2.60. The van der Waals surface area contributed by atoms with Gasteiger partial charge in [-0.2, -0.15) is 13.2 Å². The lowest BCUT2D eigenvalue weighted by Gasteiger charge is -2.41. The van der Waals surface area contributed by atoms with Crippen LogP contribution in [0, 0.1) is 0 Å². The summed E-state index contributed by atoms with van der Waals surface area (Å²) in [5, 5.41) is 32.0. The largest absolute Gasteiger partial charge is 0.507 e. The highest BCUT2D eigenvalue weighted by Gasteiger charge is 2.39. The standard InChI is InChI=1S/C19H17F3N4O2/c1-18(28)8-11(9-18)24-17-16-13(3-2-6-23-16)15(25-26-17)12-5-4-10(7-14(12)27)19(20,21)22/h2-7,11,27-28H,8-9H2,1H3,(H,24,26)/t11-,18+. The van der Waals surface area contributed by atoms with Gasteiger partial charge in [0.1, 0.15) is 17.0 Å². The van der Waals surface area contributed by atoms with Crippen molar-refractivity contribution in [1.29, 1.82) is 0 Å². The Balaban J connectivity index is 1.74. The molecular weight excluding hydrogens is 373 g/mol. The zero-order valence-electron chi connectivity index (χ0n) is 14.8. The molecule has 3 aromatic rings. The molecule has 9 heteroatoms. The summed E-state index contributed by atoms with van der Waals surface area (Å²) in [6.45, 7) is 1.75. The Labute approximate surface area is 158 Å². The molecule has 6 nitrogen and oxygen atoms in total. The third-order valence-corrected chi connectivity index (χ3v) is 4.83. The number of anilines is 1. The van der Waals surface area contributed by atoms with E-state index in [2.05, 4.69) is 20.5 Å². The number of alkyl halides is 3. The van der Waals surface area contributed by atoms with Crippen molar-refractivity contribution in [3.05, 3.63) is 42.1 Å². The summed E-state index contributed by atoms with van der Waals surface area (Å²) in [5.41, 5.74) is -0.796. The number of nitrogens with one attached hydrogen (secondary N) is 1. The van der Waals surface area contributed by atoms with E-state index in [9.17, 15) is 23.4 Å². The van der Waals surface area contributed by atoms with Crippen molar-refractivity contribution in [2.45, 2.75) is 37.6 Å². The minimum absolute atomic E-state index is 0.0276. The number of aliphatic hydroxyl groups is 1. The summed E-state index contributed by atoms with van der Waals surface area (Å²) in [7, 11) is 0. The van der Waals surface area contributed by atoms with Crippen LogP contribution in [0.3, 0.4) is 0 Å². The maximum Gasteiger partial charge on any atom is 0.416 e. The van der Waals surface area contributed by atoms with Crippen molar-refractivity contribution in [3.8, 4) is 17.0 Å². The van der Waals surface area contributed by atoms with Gasteiger partial charge in [0, 0.05) is 23.2 Å². The Hall–Kier alpha value is -2.94. The molecule has 0 saturated heterocycles. The summed E-state index contributed by atoms with van der Waals surface area (Å²) >= 11 is 0. The van der Waals surface area contributed by atoms with Crippen molar-refractivity contribution in [3.63, 3.8) is 0 Å². The van der Waals surface area contributed by atoms with Crippen LogP contribution in [-0.4, -0.2) is 37.0 Å². The summed E-state index contributed by atoms with van der Waals surface area (Å²) in [6, 6.07) is 6.15. The number of hydrogen-bond donors (Lipinski definition) is 3. The van der Waals surface area contributed by atoms with Gasteiger partial charge in [0.05, 0.1) is 11.2 Å². The van der Waals surface area contributed by atoms with Gasteiger partial charge in [-0.1, -0.05) is 0 Å². The van der Waals surface area contributed by atoms with Crippen LogP contribution in [0.1, 0.15) is 25.3 Å². The Morgan fingerprint density at radius 2 is 1.93 bits per heavy atom. The lowest BCUT2D eigenvalue weighted by Crippen LogP contribution is -2.48. The highest BCUT2D eigenvalue weighted by atomic mass is 19.4.